The molecule has 1 fully saturated rings. The minimum atomic E-state index is -0.528. The molecule has 0 spiro atoms. The van der Waals surface area contributed by atoms with E-state index in [2.05, 4.69) is 10.6 Å². The number of nitrogens with one attached hydrogen (secondary N) is 2. The van der Waals surface area contributed by atoms with Crippen molar-refractivity contribution in [3.8, 4) is 0 Å². The van der Waals surface area contributed by atoms with Crippen molar-refractivity contribution in [2.75, 3.05) is 7.05 Å². The van der Waals surface area contributed by atoms with Crippen LogP contribution in [0.2, 0.25) is 15.1 Å². The van der Waals surface area contributed by atoms with E-state index in [1.165, 1.54) is 19.3 Å². The minimum Gasteiger partial charge on any atom is -0.355 e. The fourth-order valence-electron chi connectivity index (χ4n) is 4.23. The SMILES string of the molecule is CN1C(c2ccc(Cl)cc2)=C(c2ccc(Cl)cc2Cl)NC1C(=O)NC1CCCCC1. The number of hydrogen-bond acceptors (Lipinski definition) is 3. The average Bonchev–Trinajstić information content (AvgIpc) is 3.06. The molecule has 0 aromatic heterocycles. The Morgan fingerprint density at radius 3 is 2.33 bits per heavy atom. The van der Waals surface area contributed by atoms with Gasteiger partial charge in [-0.2, -0.15) is 0 Å². The van der Waals surface area contributed by atoms with E-state index in [0.29, 0.717) is 15.1 Å². The first-order chi connectivity index (χ1) is 14.4. The van der Waals surface area contributed by atoms with Gasteiger partial charge in [0.05, 0.1) is 16.4 Å². The van der Waals surface area contributed by atoms with Crippen molar-refractivity contribution < 1.29 is 4.79 Å². The Kier molecular flexibility index (Phi) is 6.47. The molecule has 7 heteroatoms. The first kappa shape index (κ1) is 21.4. The summed E-state index contributed by atoms with van der Waals surface area (Å²) in [6.07, 6.45) is 5.12. The van der Waals surface area contributed by atoms with E-state index in [1.807, 2.05) is 42.3 Å². The van der Waals surface area contributed by atoms with E-state index in [9.17, 15) is 4.79 Å². The zero-order valence-electron chi connectivity index (χ0n) is 16.7. The van der Waals surface area contributed by atoms with Gasteiger partial charge in [0.1, 0.15) is 0 Å². The third-order valence-corrected chi connectivity index (χ3v) is 6.58. The Bertz CT molecular complexity index is 968. The van der Waals surface area contributed by atoms with Gasteiger partial charge >= 0.3 is 0 Å². The van der Waals surface area contributed by atoms with Crippen molar-refractivity contribution in [2.45, 2.75) is 44.3 Å². The number of amides is 1. The summed E-state index contributed by atoms with van der Waals surface area (Å²) in [5.41, 5.74) is 3.43. The summed E-state index contributed by atoms with van der Waals surface area (Å²) in [5.74, 6) is -0.0315. The minimum absolute atomic E-state index is 0.0315. The molecule has 1 saturated carbocycles. The quantitative estimate of drug-likeness (QED) is 0.602. The number of halogens is 3. The second-order valence-electron chi connectivity index (χ2n) is 7.86. The monoisotopic (exact) mass is 463 g/mol. The van der Waals surface area contributed by atoms with Crippen LogP contribution in [0.1, 0.15) is 43.2 Å². The number of carbonyl (C=O) groups is 1. The second kappa shape index (κ2) is 9.09. The molecule has 1 heterocycles. The molecule has 2 aromatic carbocycles. The van der Waals surface area contributed by atoms with Gasteiger partial charge in [0.2, 0.25) is 0 Å². The lowest BCUT2D eigenvalue weighted by Crippen LogP contribution is -2.51. The van der Waals surface area contributed by atoms with Gasteiger partial charge in [-0.25, -0.2) is 0 Å². The van der Waals surface area contributed by atoms with Crippen molar-refractivity contribution in [3.63, 3.8) is 0 Å². The van der Waals surface area contributed by atoms with Crippen LogP contribution >= 0.6 is 34.8 Å². The molecule has 1 amide bonds. The molecule has 4 rings (SSSR count). The summed E-state index contributed by atoms with van der Waals surface area (Å²) < 4.78 is 0. The topological polar surface area (TPSA) is 44.4 Å². The number of likely N-dealkylation sites (N-methyl/N-ethyl adjacent to an activating group) is 1. The third kappa shape index (κ3) is 4.41. The molecule has 2 N–H and O–H groups in total. The van der Waals surface area contributed by atoms with Gasteiger partial charge in [-0.05, 0) is 43.2 Å². The van der Waals surface area contributed by atoms with Crippen molar-refractivity contribution >= 4 is 52.1 Å². The second-order valence-corrected chi connectivity index (χ2v) is 9.14. The Morgan fingerprint density at radius 1 is 1.00 bits per heavy atom. The van der Waals surface area contributed by atoms with Crippen molar-refractivity contribution in [3.05, 3.63) is 68.7 Å². The maximum Gasteiger partial charge on any atom is 0.263 e. The first-order valence-corrected chi connectivity index (χ1v) is 11.3. The lowest BCUT2D eigenvalue weighted by atomic mass is 9.95. The van der Waals surface area contributed by atoms with Gasteiger partial charge in [-0.1, -0.05) is 66.2 Å². The highest BCUT2D eigenvalue weighted by atomic mass is 35.5. The van der Waals surface area contributed by atoms with E-state index in [4.69, 9.17) is 34.8 Å². The number of nitrogens with zero attached hydrogens (tertiary/aromatic N) is 1. The van der Waals surface area contributed by atoms with Crippen molar-refractivity contribution in [1.82, 2.24) is 15.5 Å². The van der Waals surface area contributed by atoms with E-state index in [1.54, 1.807) is 12.1 Å². The molecule has 1 aliphatic carbocycles. The van der Waals surface area contributed by atoms with Crippen molar-refractivity contribution in [1.29, 1.82) is 0 Å². The molecule has 1 aliphatic heterocycles. The summed E-state index contributed by atoms with van der Waals surface area (Å²) in [5, 5.41) is 8.38. The summed E-state index contributed by atoms with van der Waals surface area (Å²) >= 11 is 18.7. The third-order valence-electron chi connectivity index (χ3n) is 5.78. The Morgan fingerprint density at radius 2 is 1.67 bits per heavy atom. The van der Waals surface area contributed by atoms with Crippen LogP contribution < -0.4 is 10.6 Å². The lowest BCUT2D eigenvalue weighted by Gasteiger charge is -2.28. The van der Waals surface area contributed by atoms with Crippen LogP contribution in [0.25, 0.3) is 11.4 Å². The average molecular weight is 465 g/mol. The Hall–Kier alpha value is -1.88. The largest absolute Gasteiger partial charge is 0.355 e. The molecule has 2 aliphatic rings. The zero-order valence-corrected chi connectivity index (χ0v) is 19.0. The number of hydrogen-bond donors (Lipinski definition) is 2. The van der Waals surface area contributed by atoms with E-state index in [-0.39, 0.29) is 11.9 Å². The lowest BCUT2D eigenvalue weighted by molar-refractivity contribution is -0.126. The predicted octanol–water partition coefficient (Wildman–Crippen LogP) is 5.78. The number of rotatable bonds is 4. The van der Waals surface area contributed by atoms with Crippen LogP contribution in [0.15, 0.2) is 42.5 Å². The summed E-state index contributed by atoms with van der Waals surface area (Å²) in [6.45, 7) is 0. The van der Waals surface area contributed by atoms with Crippen LogP contribution in [0, 0.1) is 0 Å². The molecule has 0 saturated heterocycles. The van der Waals surface area contributed by atoms with Crippen LogP contribution in [0.3, 0.4) is 0 Å². The summed E-state index contributed by atoms with van der Waals surface area (Å²) in [6, 6.07) is 13.2. The van der Waals surface area contributed by atoms with Crippen LogP contribution in [0.4, 0.5) is 0 Å². The highest BCUT2D eigenvalue weighted by Crippen LogP contribution is 2.37. The van der Waals surface area contributed by atoms with Crippen LogP contribution in [-0.2, 0) is 4.79 Å². The van der Waals surface area contributed by atoms with Gasteiger partial charge in [0.25, 0.3) is 5.91 Å². The fraction of sp³-hybridized carbons (Fsp3) is 0.348. The molecule has 0 radical (unpaired) electrons. The van der Waals surface area contributed by atoms with E-state index >= 15 is 0 Å². The van der Waals surface area contributed by atoms with Gasteiger partial charge in [-0.3, -0.25) is 4.79 Å². The Labute approximate surface area is 192 Å². The highest BCUT2D eigenvalue weighted by Gasteiger charge is 2.36. The molecule has 30 heavy (non-hydrogen) atoms. The molecule has 0 bridgehead atoms. The summed E-state index contributed by atoms with van der Waals surface area (Å²) in [4.78, 5) is 15.1. The number of benzene rings is 2. The van der Waals surface area contributed by atoms with E-state index in [0.717, 1.165) is 35.4 Å². The molecule has 1 atom stereocenters. The molecule has 158 valence electrons. The first-order valence-electron chi connectivity index (χ1n) is 10.2. The molecular formula is C23H24Cl3N3O. The molecule has 4 nitrogen and oxygen atoms in total. The van der Waals surface area contributed by atoms with Gasteiger partial charge in [0, 0.05) is 34.3 Å². The van der Waals surface area contributed by atoms with Crippen molar-refractivity contribution in [2.24, 2.45) is 0 Å². The predicted molar refractivity (Wildman–Crippen MR) is 124 cm³/mol. The molecular weight excluding hydrogens is 441 g/mol. The fourth-order valence-corrected chi connectivity index (χ4v) is 4.86. The van der Waals surface area contributed by atoms with Gasteiger partial charge < -0.3 is 15.5 Å². The Balaban J connectivity index is 1.68. The standard InChI is InChI=1S/C23H24Cl3N3O/c1-29-21(14-7-9-15(24)10-8-14)20(18-12-11-16(25)13-19(18)26)28-22(29)23(30)27-17-5-3-2-4-6-17/h7-13,17,22,28H,2-6H2,1H3,(H,27,30). The molecule has 2 aromatic rings. The van der Waals surface area contributed by atoms with Crippen LogP contribution in [0.5, 0.6) is 0 Å². The maximum atomic E-state index is 13.2. The zero-order chi connectivity index (χ0) is 21.3. The number of carbonyl (C=O) groups excluding carboxylic acids is 1. The van der Waals surface area contributed by atoms with E-state index < -0.39 is 6.17 Å². The maximum absolute atomic E-state index is 13.2. The van der Waals surface area contributed by atoms with Crippen LogP contribution in [-0.4, -0.2) is 30.1 Å². The molecule has 1 unspecified atom stereocenters. The normalized spacial score (nSPS) is 19.7. The van der Waals surface area contributed by atoms with Gasteiger partial charge in [-0.15, -0.1) is 0 Å². The summed E-state index contributed by atoms with van der Waals surface area (Å²) in [7, 11) is 1.92. The van der Waals surface area contributed by atoms with Gasteiger partial charge in [0.15, 0.2) is 6.17 Å². The highest BCUT2D eigenvalue weighted by molar-refractivity contribution is 6.36. The smallest absolute Gasteiger partial charge is 0.263 e.